The smallest absolute Gasteiger partial charge is 0.332 e. The standard InChI is InChI=1S/C12H24N2O4/c1-5-18-12(16)9-17-7-6-14(4)8-11(15)13-10(2)3/h10H,5-9H2,1-4H3,(H,13,15). The Hall–Kier alpha value is -1.14. The van der Waals surface area contributed by atoms with Crippen LogP contribution < -0.4 is 5.32 Å². The summed E-state index contributed by atoms with van der Waals surface area (Å²) in [5.41, 5.74) is 0. The molecule has 0 fully saturated rings. The van der Waals surface area contributed by atoms with Crippen LogP contribution in [-0.4, -0.2) is 62.8 Å². The molecule has 6 heteroatoms. The lowest BCUT2D eigenvalue weighted by molar-refractivity contribution is -0.148. The number of nitrogens with one attached hydrogen (secondary N) is 1. The fourth-order valence-electron chi connectivity index (χ4n) is 1.27. The van der Waals surface area contributed by atoms with Gasteiger partial charge in [-0.15, -0.1) is 0 Å². The quantitative estimate of drug-likeness (QED) is 0.468. The van der Waals surface area contributed by atoms with Gasteiger partial charge in [-0.05, 0) is 27.8 Å². The van der Waals surface area contributed by atoms with E-state index in [1.165, 1.54) is 0 Å². The van der Waals surface area contributed by atoms with Crippen LogP contribution in [0.4, 0.5) is 0 Å². The van der Waals surface area contributed by atoms with Crippen LogP contribution in [0.1, 0.15) is 20.8 Å². The molecule has 0 bridgehead atoms. The monoisotopic (exact) mass is 260 g/mol. The van der Waals surface area contributed by atoms with Gasteiger partial charge in [-0.1, -0.05) is 0 Å². The zero-order valence-corrected chi connectivity index (χ0v) is 11.7. The van der Waals surface area contributed by atoms with Crippen LogP contribution in [0.5, 0.6) is 0 Å². The van der Waals surface area contributed by atoms with Crippen LogP contribution in [0.3, 0.4) is 0 Å². The van der Waals surface area contributed by atoms with Crippen molar-refractivity contribution >= 4 is 11.9 Å². The molecule has 106 valence electrons. The van der Waals surface area contributed by atoms with Crippen LogP contribution in [0.25, 0.3) is 0 Å². The Morgan fingerprint density at radius 3 is 2.56 bits per heavy atom. The van der Waals surface area contributed by atoms with E-state index >= 15 is 0 Å². The first kappa shape index (κ1) is 16.9. The minimum Gasteiger partial charge on any atom is -0.464 e. The summed E-state index contributed by atoms with van der Waals surface area (Å²) in [5, 5.41) is 2.80. The second-order valence-corrected chi connectivity index (χ2v) is 4.32. The number of likely N-dealkylation sites (N-methyl/N-ethyl adjacent to an activating group) is 1. The highest BCUT2D eigenvalue weighted by Gasteiger charge is 2.07. The molecule has 0 heterocycles. The van der Waals surface area contributed by atoms with Gasteiger partial charge in [-0.25, -0.2) is 4.79 Å². The van der Waals surface area contributed by atoms with E-state index in [1.54, 1.807) is 6.92 Å². The molecule has 6 nitrogen and oxygen atoms in total. The Morgan fingerprint density at radius 2 is 2.00 bits per heavy atom. The van der Waals surface area contributed by atoms with Crippen molar-refractivity contribution in [2.75, 3.05) is 40.0 Å². The van der Waals surface area contributed by atoms with Gasteiger partial charge < -0.3 is 14.8 Å². The molecule has 0 saturated heterocycles. The summed E-state index contributed by atoms with van der Waals surface area (Å²) in [5.74, 6) is -0.379. The fraction of sp³-hybridized carbons (Fsp3) is 0.833. The van der Waals surface area contributed by atoms with Crippen molar-refractivity contribution in [2.45, 2.75) is 26.8 Å². The van der Waals surface area contributed by atoms with Crippen molar-refractivity contribution < 1.29 is 19.1 Å². The van der Waals surface area contributed by atoms with Gasteiger partial charge in [-0.2, -0.15) is 0 Å². The fourth-order valence-corrected chi connectivity index (χ4v) is 1.27. The molecule has 0 rings (SSSR count). The Bertz CT molecular complexity index is 256. The predicted octanol–water partition coefficient (Wildman–Crippen LogP) is 0.0225. The van der Waals surface area contributed by atoms with Crippen molar-refractivity contribution in [3.8, 4) is 0 Å². The van der Waals surface area contributed by atoms with Gasteiger partial charge in [0.1, 0.15) is 6.61 Å². The van der Waals surface area contributed by atoms with E-state index in [4.69, 9.17) is 9.47 Å². The van der Waals surface area contributed by atoms with Crippen molar-refractivity contribution in [2.24, 2.45) is 0 Å². The third kappa shape index (κ3) is 10.0. The summed E-state index contributed by atoms with van der Waals surface area (Å²) in [6.45, 7) is 7.20. The normalized spacial score (nSPS) is 10.8. The maximum absolute atomic E-state index is 11.4. The topological polar surface area (TPSA) is 67.9 Å². The summed E-state index contributed by atoms with van der Waals surface area (Å²) in [6.07, 6.45) is 0. The van der Waals surface area contributed by atoms with Gasteiger partial charge in [0.2, 0.25) is 5.91 Å². The highest BCUT2D eigenvalue weighted by molar-refractivity contribution is 5.78. The number of carbonyl (C=O) groups is 2. The lowest BCUT2D eigenvalue weighted by Crippen LogP contribution is -2.39. The zero-order chi connectivity index (χ0) is 14.0. The van der Waals surface area contributed by atoms with E-state index in [0.29, 0.717) is 26.3 Å². The number of ether oxygens (including phenoxy) is 2. The van der Waals surface area contributed by atoms with E-state index in [0.717, 1.165) is 0 Å². The second-order valence-electron chi connectivity index (χ2n) is 4.32. The number of amides is 1. The number of carbonyl (C=O) groups excluding carboxylic acids is 2. The van der Waals surface area contributed by atoms with Crippen LogP contribution in [-0.2, 0) is 19.1 Å². The van der Waals surface area contributed by atoms with Gasteiger partial charge in [0.05, 0.1) is 19.8 Å². The molecule has 0 aromatic carbocycles. The highest BCUT2D eigenvalue weighted by atomic mass is 16.6. The zero-order valence-electron chi connectivity index (χ0n) is 11.7. The lowest BCUT2D eigenvalue weighted by Gasteiger charge is -2.17. The number of esters is 1. The summed E-state index contributed by atoms with van der Waals surface area (Å²) in [4.78, 5) is 24.2. The Labute approximate surface area is 109 Å². The third-order valence-electron chi connectivity index (χ3n) is 2.01. The van der Waals surface area contributed by atoms with Gasteiger partial charge in [0.15, 0.2) is 0 Å². The molecule has 0 aliphatic rings. The lowest BCUT2D eigenvalue weighted by atomic mass is 10.4. The number of nitrogens with zero attached hydrogens (tertiary/aromatic N) is 1. The van der Waals surface area contributed by atoms with Crippen LogP contribution >= 0.6 is 0 Å². The molecule has 0 aromatic rings. The highest BCUT2D eigenvalue weighted by Crippen LogP contribution is 1.87. The van der Waals surface area contributed by atoms with Crippen molar-refractivity contribution in [1.82, 2.24) is 10.2 Å². The molecule has 0 atom stereocenters. The maximum Gasteiger partial charge on any atom is 0.332 e. The van der Waals surface area contributed by atoms with Gasteiger partial charge >= 0.3 is 5.97 Å². The average Bonchev–Trinajstić information content (AvgIpc) is 2.23. The summed E-state index contributed by atoms with van der Waals surface area (Å²) < 4.78 is 9.85. The Kier molecular flexibility index (Phi) is 9.22. The van der Waals surface area contributed by atoms with E-state index in [2.05, 4.69) is 5.32 Å². The first-order valence-electron chi connectivity index (χ1n) is 6.17. The molecule has 0 saturated carbocycles. The first-order chi connectivity index (χ1) is 8.45. The summed E-state index contributed by atoms with van der Waals surface area (Å²) in [6, 6.07) is 0.144. The second kappa shape index (κ2) is 9.85. The van der Waals surface area contributed by atoms with Crippen molar-refractivity contribution in [3.05, 3.63) is 0 Å². The van der Waals surface area contributed by atoms with Gasteiger partial charge in [0, 0.05) is 12.6 Å². The van der Waals surface area contributed by atoms with E-state index < -0.39 is 0 Å². The molecule has 1 N–H and O–H groups in total. The van der Waals surface area contributed by atoms with Gasteiger partial charge in [0.25, 0.3) is 0 Å². The van der Waals surface area contributed by atoms with E-state index in [-0.39, 0.29) is 24.5 Å². The molecular weight excluding hydrogens is 236 g/mol. The maximum atomic E-state index is 11.4. The number of hydrogen-bond acceptors (Lipinski definition) is 5. The number of hydrogen-bond donors (Lipinski definition) is 1. The number of rotatable bonds is 9. The summed E-state index contributed by atoms with van der Waals surface area (Å²) in [7, 11) is 1.83. The van der Waals surface area contributed by atoms with Crippen molar-refractivity contribution in [3.63, 3.8) is 0 Å². The van der Waals surface area contributed by atoms with E-state index in [1.807, 2.05) is 25.8 Å². The molecule has 0 unspecified atom stereocenters. The molecule has 0 aliphatic carbocycles. The Morgan fingerprint density at radius 1 is 1.33 bits per heavy atom. The molecule has 0 spiro atoms. The molecule has 1 amide bonds. The van der Waals surface area contributed by atoms with Crippen LogP contribution in [0.15, 0.2) is 0 Å². The predicted molar refractivity (Wildman–Crippen MR) is 68.2 cm³/mol. The summed E-state index contributed by atoms with van der Waals surface area (Å²) >= 11 is 0. The van der Waals surface area contributed by atoms with E-state index in [9.17, 15) is 9.59 Å². The largest absolute Gasteiger partial charge is 0.464 e. The SMILES string of the molecule is CCOC(=O)COCCN(C)CC(=O)NC(C)C. The first-order valence-corrected chi connectivity index (χ1v) is 6.17. The minimum atomic E-state index is -0.363. The van der Waals surface area contributed by atoms with Crippen molar-refractivity contribution in [1.29, 1.82) is 0 Å². The average molecular weight is 260 g/mol. The van der Waals surface area contributed by atoms with Gasteiger partial charge in [-0.3, -0.25) is 9.69 Å². The molecule has 0 aliphatic heterocycles. The molecule has 0 radical (unpaired) electrons. The minimum absolute atomic E-state index is 0.0158. The third-order valence-corrected chi connectivity index (χ3v) is 2.01. The molecule has 0 aromatic heterocycles. The van der Waals surface area contributed by atoms with Crippen LogP contribution in [0.2, 0.25) is 0 Å². The molecular formula is C12H24N2O4. The van der Waals surface area contributed by atoms with Crippen LogP contribution in [0, 0.1) is 0 Å². The Balaban J connectivity index is 3.56. The molecule has 18 heavy (non-hydrogen) atoms.